The Bertz CT molecular complexity index is 1090. The second-order valence-corrected chi connectivity index (χ2v) is 9.73. The molecule has 0 fully saturated rings. The number of sulfonamides is 1. The Morgan fingerprint density at radius 2 is 1.52 bits per heavy atom. The van der Waals surface area contributed by atoms with Gasteiger partial charge in [0.1, 0.15) is 6.04 Å². The van der Waals surface area contributed by atoms with Gasteiger partial charge in [-0.1, -0.05) is 87.7 Å². The normalized spacial score (nSPS) is 13.6. The van der Waals surface area contributed by atoms with Crippen molar-refractivity contribution in [2.24, 2.45) is 0 Å². The van der Waals surface area contributed by atoms with E-state index in [0.29, 0.717) is 10.6 Å². The number of hydrogen-bond donors (Lipinski definition) is 1. The largest absolute Gasteiger partial charge is 0.292 e. The average molecular weight is 493 g/mol. The molecule has 0 spiro atoms. The van der Waals surface area contributed by atoms with Crippen molar-refractivity contribution in [1.29, 1.82) is 0 Å². The molecule has 3 rings (SSSR count). The molecule has 2 atom stereocenters. The van der Waals surface area contributed by atoms with Gasteiger partial charge in [0, 0.05) is 10.6 Å². The minimum Gasteiger partial charge on any atom is -0.292 e. The second-order valence-electron chi connectivity index (χ2n) is 6.60. The summed E-state index contributed by atoms with van der Waals surface area (Å²) in [5, 5.41) is 0.555. The zero-order valence-electron chi connectivity index (χ0n) is 15.5. The van der Waals surface area contributed by atoms with Crippen LogP contribution in [0, 0.1) is 6.92 Å². The Balaban J connectivity index is 1.99. The maximum atomic E-state index is 13.2. The summed E-state index contributed by atoms with van der Waals surface area (Å²) in [5.41, 5.74) is 2.10. The van der Waals surface area contributed by atoms with Gasteiger partial charge in [-0.15, -0.1) is 0 Å². The first-order valence-electron chi connectivity index (χ1n) is 8.86. The van der Waals surface area contributed by atoms with Crippen molar-refractivity contribution in [1.82, 2.24) is 4.72 Å². The number of alkyl halides is 1. The lowest BCUT2D eigenvalue weighted by atomic mass is 9.98. The molecule has 0 heterocycles. The zero-order chi connectivity index (χ0) is 21.0. The molecule has 3 aromatic carbocycles. The van der Waals surface area contributed by atoms with Crippen LogP contribution in [0.1, 0.15) is 26.3 Å². The summed E-state index contributed by atoms with van der Waals surface area (Å²) in [4.78, 5) is 12.7. The van der Waals surface area contributed by atoms with E-state index in [1.165, 1.54) is 12.1 Å². The minimum absolute atomic E-state index is 0.102. The van der Waals surface area contributed by atoms with Gasteiger partial charge in [0.05, 0.1) is 9.72 Å². The van der Waals surface area contributed by atoms with Crippen LogP contribution >= 0.6 is 27.5 Å². The van der Waals surface area contributed by atoms with Gasteiger partial charge in [-0.25, -0.2) is 8.42 Å². The van der Waals surface area contributed by atoms with Crippen molar-refractivity contribution < 1.29 is 13.2 Å². The Kier molecular flexibility index (Phi) is 6.90. The molecule has 2 unspecified atom stereocenters. The van der Waals surface area contributed by atoms with Crippen LogP contribution in [-0.4, -0.2) is 20.2 Å². The number of ketones is 1. The molecule has 0 aliphatic carbocycles. The Labute approximate surface area is 184 Å². The van der Waals surface area contributed by atoms with Gasteiger partial charge in [0.25, 0.3) is 0 Å². The zero-order valence-corrected chi connectivity index (χ0v) is 18.7. The van der Waals surface area contributed by atoms with Crippen LogP contribution in [0.3, 0.4) is 0 Å². The molecule has 0 saturated heterocycles. The number of aryl methyl sites for hydroxylation is 1. The molecule has 0 aliphatic rings. The predicted molar refractivity (Wildman–Crippen MR) is 119 cm³/mol. The maximum absolute atomic E-state index is 13.2. The summed E-state index contributed by atoms with van der Waals surface area (Å²) >= 11 is 9.48. The molecule has 4 nitrogen and oxygen atoms in total. The lowest BCUT2D eigenvalue weighted by Gasteiger charge is -2.23. The fourth-order valence-electron chi connectivity index (χ4n) is 2.82. The second kappa shape index (κ2) is 9.22. The molecule has 0 bridgehead atoms. The Hall–Kier alpha value is -1.99. The number of rotatable bonds is 7. The van der Waals surface area contributed by atoms with Crippen LogP contribution in [0.2, 0.25) is 5.02 Å². The van der Waals surface area contributed by atoms with Crippen molar-refractivity contribution in [2.75, 3.05) is 0 Å². The number of hydrogen-bond acceptors (Lipinski definition) is 3. The summed E-state index contributed by atoms with van der Waals surface area (Å²) in [6.07, 6.45) is 0. The smallest absolute Gasteiger partial charge is 0.241 e. The highest BCUT2D eigenvalue weighted by Crippen LogP contribution is 2.30. The van der Waals surface area contributed by atoms with Crippen molar-refractivity contribution >= 4 is 43.3 Å². The molecule has 150 valence electrons. The molecular formula is C22H19BrClNO3S. The van der Waals surface area contributed by atoms with Crippen LogP contribution in [0.4, 0.5) is 0 Å². The van der Waals surface area contributed by atoms with E-state index in [1.54, 1.807) is 66.7 Å². The third-order valence-electron chi connectivity index (χ3n) is 4.44. The standard InChI is InChI=1S/C22H19BrClNO3S/c1-15-7-13-19(14-8-15)29(27,28)25-21(22(26)17-5-3-2-4-6-17)20(23)16-9-11-18(24)12-10-16/h2-14,20-21,25H,1H3. The van der Waals surface area contributed by atoms with Gasteiger partial charge in [-0.3, -0.25) is 4.79 Å². The first-order valence-corrected chi connectivity index (χ1v) is 11.6. The number of nitrogens with one attached hydrogen (secondary N) is 1. The summed E-state index contributed by atoms with van der Waals surface area (Å²) in [6, 6.07) is 20.9. The Morgan fingerprint density at radius 1 is 0.931 bits per heavy atom. The summed E-state index contributed by atoms with van der Waals surface area (Å²) < 4.78 is 28.5. The molecule has 3 aromatic rings. The van der Waals surface area contributed by atoms with Crippen LogP contribution in [0.5, 0.6) is 0 Å². The van der Waals surface area contributed by atoms with Crippen molar-refractivity contribution in [3.05, 3.63) is 101 Å². The van der Waals surface area contributed by atoms with Gasteiger partial charge >= 0.3 is 0 Å². The van der Waals surface area contributed by atoms with E-state index in [1.807, 2.05) is 6.92 Å². The summed E-state index contributed by atoms with van der Waals surface area (Å²) in [7, 11) is -3.92. The lowest BCUT2D eigenvalue weighted by molar-refractivity contribution is 0.0952. The molecule has 0 radical (unpaired) electrons. The molecule has 1 N–H and O–H groups in total. The monoisotopic (exact) mass is 491 g/mol. The van der Waals surface area contributed by atoms with Gasteiger partial charge in [0.2, 0.25) is 10.0 Å². The summed E-state index contributed by atoms with van der Waals surface area (Å²) in [6.45, 7) is 1.88. The van der Waals surface area contributed by atoms with Gasteiger partial charge < -0.3 is 0 Å². The highest BCUT2D eigenvalue weighted by molar-refractivity contribution is 9.09. The number of benzene rings is 3. The Morgan fingerprint density at radius 3 is 2.10 bits per heavy atom. The minimum atomic E-state index is -3.92. The number of carbonyl (C=O) groups excluding carboxylic acids is 1. The van der Waals surface area contributed by atoms with E-state index >= 15 is 0 Å². The van der Waals surface area contributed by atoms with E-state index in [9.17, 15) is 13.2 Å². The van der Waals surface area contributed by atoms with Crippen LogP contribution in [-0.2, 0) is 10.0 Å². The molecular weight excluding hydrogens is 474 g/mol. The van der Waals surface area contributed by atoms with Crippen LogP contribution in [0.25, 0.3) is 0 Å². The fraction of sp³-hybridized carbons (Fsp3) is 0.136. The SMILES string of the molecule is Cc1ccc(S(=O)(=O)NC(C(=O)c2ccccc2)C(Br)c2ccc(Cl)cc2)cc1. The lowest BCUT2D eigenvalue weighted by Crippen LogP contribution is -2.43. The van der Waals surface area contributed by atoms with E-state index in [-0.39, 0.29) is 10.7 Å². The average Bonchev–Trinajstić information content (AvgIpc) is 2.72. The first kappa shape index (κ1) is 21.7. The quantitative estimate of drug-likeness (QED) is 0.359. The first-order chi connectivity index (χ1) is 13.8. The topological polar surface area (TPSA) is 63.2 Å². The van der Waals surface area contributed by atoms with Crippen molar-refractivity contribution in [3.63, 3.8) is 0 Å². The number of carbonyl (C=O) groups is 1. The maximum Gasteiger partial charge on any atom is 0.241 e. The molecule has 0 saturated carbocycles. The van der Waals surface area contributed by atoms with E-state index in [2.05, 4.69) is 20.7 Å². The highest BCUT2D eigenvalue weighted by Gasteiger charge is 2.33. The molecule has 7 heteroatoms. The highest BCUT2D eigenvalue weighted by atomic mass is 79.9. The van der Waals surface area contributed by atoms with Crippen molar-refractivity contribution in [3.8, 4) is 0 Å². The molecule has 0 aromatic heterocycles. The fourth-order valence-corrected chi connectivity index (χ4v) is 5.01. The summed E-state index contributed by atoms with van der Waals surface area (Å²) in [5.74, 6) is -0.335. The van der Waals surface area contributed by atoms with E-state index in [0.717, 1.165) is 11.1 Å². The van der Waals surface area contributed by atoms with Gasteiger partial charge in [0.15, 0.2) is 5.78 Å². The third kappa shape index (κ3) is 5.34. The van der Waals surface area contributed by atoms with Crippen LogP contribution in [0.15, 0.2) is 83.8 Å². The van der Waals surface area contributed by atoms with Gasteiger partial charge in [-0.2, -0.15) is 4.72 Å². The number of Topliss-reactive ketones (excluding diaryl/α,β-unsaturated/α-hetero) is 1. The molecule has 0 amide bonds. The van der Waals surface area contributed by atoms with Crippen LogP contribution < -0.4 is 4.72 Å². The molecule has 0 aliphatic heterocycles. The molecule has 29 heavy (non-hydrogen) atoms. The predicted octanol–water partition coefficient (Wildman–Crippen LogP) is 5.31. The van der Waals surface area contributed by atoms with E-state index in [4.69, 9.17) is 11.6 Å². The van der Waals surface area contributed by atoms with E-state index < -0.39 is 20.9 Å². The van der Waals surface area contributed by atoms with Crippen molar-refractivity contribution in [2.45, 2.75) is 22.7 Å². The number of halogens is 2. The van der Waals surface area contributed by atoms with Gasteiger partial charge in [-0.05, 0) is 36.8 Å². The third-order valence-corrected chi connectivity index (χ3v) is 7.20.